The van der Waals surface area contributed by atoms with Gasteiger partial charge in [-0.25, -0.2) is 17.2 Å². The lowest BCUT2D eigenvalue weighted by Crippen LogP contribution is -2.16. The Kier molecular flexibility index (Phi) is 3.34. The predicted molar refractivity (Wildman–Crippen MR) is 65.8 cm³/mol. The molecule has 0 aliphatic carbocycles. The van der Waals surface area contributed by atoms with Gasteiger partial charge in [-0.05, 0) is 24.3 Å². The van der Waals surface area contributed by atoms with Gasteiger partial charge in [0.15, 0.2) is 5.82 Å². The van der Waals surface area contributed by atoms with Crippen molar-refractivity contribution in [3.05, 3.63) is 48.3 Å². The van der Waals surface area contributed by atoms with Crippen molar-refractivity contribution in [1.29, 1.82) is 0 Å². The summed E-state index contributed by atoms with van der Waals surface area (Å²) in [5.41, 5.74) is 5.16. The summed E-state index contributed by atoms with van der Waals surface area (Å²) in [6, 6.07) is 4.22. The first-order chi connectivity index (χ1) is 8.90. The van der Waals surface area contributed by atoms with E-state index in [9.17, 15) is 17.2 Å². The summed E-state index contributed by atoms with van der Waals surface area (Å²) in [4.78, 5) is 2.83. The molecule has 0 aliphatic rings. The van der Waals surface area contributed by atoms with E-state index in [1.807, 2.05) is 4.72 Å². The first-order valence-electron chi connectivity index (χ1n) is 5.07. The van der Waals surface area contributed by atoms with Crippen molar-refractivity contribution in [2.24, 2.45) is 0 Å². The lowest BCUT2D eigenvalue weighted by atomic mass is 10.3. The van der Waals surface area contributed by atoms with Crippen LogP contribution >= 0.6 is 0 Å². The molecule has 0 radical (unpaired) electrons. The molecule has 19 heavy (non-hydrogen) atoms. The highest BCUT2D eigenvalue weighted by Gasteiger charge is 2.20. The third-order valence-electron chi connectivity index (χ3n) is 2.26. The van der Waals surface area contributed by atoms with Crippen LogP contribution in [-0.2, 0) is 10.0 Å². The Bertz CT molecular complexity index is 720. The second-order valence-corrected chi connectivity index (χ2v) is 5.30. The number of nitrogen functional groups attached to an aromatic ring is 1. The molecule has 0 bridgehead atoms. The molecule has 3 N–H and O–H groups in total. The number of aromatic nitrogens is 1. The Hall–Kier alpha value is -2.22. The second kappa shape index (κ2) is 4.81. The highest BCUT2D eigenvalue weighted by molar-refractivity contribution is 7.92. The van der Waals surface area contributed by atoms with E-state index in [0.717, 1.165) is 24.4 Å². The van der Waals surface area contributed by atoms with E-state index in [0.29, 0.717) is 0 Å². The van der Waals surface area contributed by atoms with Crippen molar-refractivity contribution in [2.45, 2.75) is 4.90 Å². The minimum Gasteiger partial charge on any atom is -0.399 e. The summed E-state index contributed by atoms with van der Waals surface area (Å²) in [5.74, 6) is -1.84. The minimum absolute atomic E-state index is 0.0805. The van der Waals surface area contributed by atoms with Crippen LogP contribution in [-0.4, -0.2) is 13.4 Å². The van der Waals surface area contributed by atoms with E-state index in [2.05, 4.69) is 4.98 Å². The first kappa shape index (κ1) is 13.2. The number of hydrogen-bond acceptors (Lipinski definition) is 4. The average Bonchev–Trinajstić information content (AvgIpc) is 2.35. The minimum atomic E-state index is -4.26. The van der Waals surface area contributed by atoms with Crippen LogP contribution in [0.25, 0.3) is 0 Å². The van der Waals surface area contributed by atoms with Gasteiger partial charge in [-0.2, -0.15) is 0 Å². The zero-order valence-corrected chi connectivity index (χ0v) is 10.3. The molecule has 0 amide bonds. The molecule has 0 spiro atoms. The average molecular weight is 285 g/mol. The quantitative estimate of drug-likeness (QED) is 0.841. The number of nitrogens with one attached hydrogen (secondary N) is 1. The van der Waals surface area contributed by atoms with Crippen LogP contribution in [0, 0.1) is 11.6 Å². The molecule has 0 saturated heterocycles. The maximum absolute atomic E-state index is 13.5. The Morgan fingerprint density at radius 2 is 1.89 bits per heavy atom. The van der Waals surface area contributed by atoms with Crippen molar-refractivity contribution in [2.75, 3.05) is 10.5 Å². The van der Waals surface area contributed by atoms with E-state index in [1.165, 1.54) is 12.3 Å². The number of benzene rings is 1. The molecule has 1 heterocycles. The SMILES string of the molecule is Nc1ccc(F)c(S(=O)(=O)Nc2ccncc2F)c1. The molecule has 0 aliphatic heterocycles. The van der Waals surface area contributed by atoms with Crippen LogP contribution in [0.15, 0.2) is 41.6 Å². The van der Waals surface area contributed by atoms with Gasteiger partial charge >= 0.3 is 0 Å². The summed E-state index contributed by atoms with van der Waals surface area (Å²) in [6.45, 7) is 0. The number of sulfonamides is 1. The number of rotatable bonds is 3. The van der Waals surface area contributed by atoms with E-state index in [-0.39, 0.29) is 11.4 Å². The Balaban J connectivity index is 2.44. The second-order valence-electron chi connectivity index (χ2n) is 3.65. The molecule has 0 saturated carbocycles. The molecule has 2 rings (SSSR count). The fourth-order valence-corrected chi connectivity index (χ4v) is 2.56. The third-order valence-corrected chi connectivity index (χ3v) is 3.64. The summed E-state index contributed by atoms with van der Waals surface area (Å²) >= 11 is 0. The van der Waals surface area contributed by atoms with Gasteiger partial charge in [0.1, 0.15) is 10.7 Å². The number of hydrogen-bond donors (Lipinski definition) is 2. The highest BCUT2D eigenvalue weighted by Crippen LogP contribution is 2.22. The van der Waals surface area contributed by atoms with Crippen molar-refractivity contribution < 1.29 is 17.2 Å². The normalized spacial score (nSPS) is 11.3. The van der Waals surface area contributed by atoms with Gasteiger partial charge < -0.3 is 5.73 Å². The Morgan fingerprint density at radius 3 is 2.58 bits per heavy atom. The van der Waals surface area contributed by atoms with E-state index in [1.54, 1.807) is 0 Å². The number of pyridine rings is 1. The van der Waals surface area contributed by atoms with Gasteiger partial charge in [0, 0.05) is 11.9 Å². The molecule has 1 aromatic carbocycles. The van der Waals surface area contributed by atoms with Crippen molar-refractivity contribution in [3.8, 4) is 0 Å². The van der Waals surface area contributed by atoms with Gasteiger partial charge in [0.25, 0.3) is 10.0 Å². The van der Waals surface area contributed by atoms with Crippen molar-refractivity contribution >= 4 is 21.4 Å². The van der Waals surface area contributed by atoms with Crippen LogP contribution in [0.3, 0.4) is 0 Å². The molecular weight excluding hydrogens is 276 g/mol. The van der Waals surface area contributed by atoms with E-state index in [4.69, 9.17) is 5.73 Å². The summed E-state index contributed by atoms with van der Waals surface area (Å²) in [7, 11) is -4.26. The summed E-state index contributed by atoms with van der Waals surface area (Å²) in [5, 5.41) is 0. The highest BCUT2D eigenvalue weighted by atomic mass is 32.2. The smallest absolute Gasteiger partial charge is 0.264 e. The largest absolute Gasteiger partial charge is 0.399 e. The standard InChI is InChI=1S/C11H9F2N3O2S/c12-8-2-1-7(14)5-11(8)19(17,18)16-10-3-4-15-6-9(10)13/h1-6H,14H2,(H,15,16). The number of nitrogens with zero attached hydrogens (tertiary/aromatic N) is 1. The predicted octanol–water partition coefficient (Wildman–Crippen LogP) is 1.74. The lowest BCUT2D eigenvalue weighted by molar-refractivity contribution is 0.569. The zero-order chi connectivity index (χ0) is 14.0. The topological polar surface area (TPSA) is 85.1 Å². The van der Waals surface area contributed by atoms with Crippen LogP contribution in [0.4, 0.5) is 20.2 Å². The Morgan fingerprint density at radius 1 is 1.16 bits per heavy atom. The maximum atomic E-state index is 13.5. The molecular formula is C11H9F2N3O2S. The number of nitrogens with two attached hydrogens (primary N) is 1. The van der Waals surface area contributed by atoms with Crippen LogP contribution < -0.4 is 10.5 Å². The molecule has 1 aromatic heterocycles. The molecule has 100 valence electrons. The third kappa shape index (κ3) is 2.79. The fraction of sp³-hybridized carbons (Fsp3) is 0. The van der Waals surface area contributed by atoms with Gasteiger partial charge in [0.2, 0.25) is 0 Å². The van der Waals surface area contributed by atoms with Crippen LogP contribution in [0.1, 0.15) is 0 Å². The monoisotopic (exact) mass is 285 g/mol. The van der Waals surface area contributed by atoms with Gasteiger partial charge in [-0.1, -0.05) is 0 Å². The van der Waals surface area contributed by atoms with Crippen molar-refractivity contribution in [3.63, 3.8) is 0 Å². The van der Waals surface area contributed by atoms with Gasteiger partial charge in [-0.3, -0.25) is 9.71 Å². The van der Waals surface area contributed by atoms with Crippen LogP contribution in [0.2, 0.25) is 0 Å². The maximum Gasteiger partial charge on any atom is 0.264 e. The van der Waals surface area contributed by atoms with E-state index < -0.39 is 26.6 Å². The fourth-order valence-electron chi connectivity index (χ4n) is 1.38. The summed E-state index contributed by atoms with van der Waals surface area (Å²) in [6.07, 6.45) is 2.05. The first-order valence-corrected chi connectivity index (χ1v) is 6.56. The molecule has 5 nitrogen and oxygen atoms in total. The summed E-state index contributed by atoms with van der Waals surface area (Å²) < 4.78 is 52.6. The van der Waals surface area contributed by atoms with Gasteiger partial charge in [-0.15, -0.1) is 0 Å². The molecule has 0 fully saturated rings. The van der Waals surface area contributed by atoms with Gasteiger partial charge in [0.05, 0.1) is 11.9 Å². The van der Waals surface area contributed by atoms with Crippen LogP contribution in [0.5, 0.6) is 0 Å². The number of anilines is 2. The Labute approximate surface area is 108 Å². The molecule has 2 aromatic rings. The molecule has 0 unspecified atom stereocenters. The molecule has 0 atom stereocenters. The molecule has 8 heteroatoms. The zero-order valence-electron chi connectivity index (χ0n) is 9.47. The van der Waals surface area contributed by atoms with Crippen molar-refractivity contribution in [1.82, 2.24) is 4.98 Å². The number of halogens is 2. The van der Waals surface area contributed by atoms with E-state index >= 15 is 0 Å². The lowest BCUT2D eigenvalue weighted by Gasteiger charge is -2.09.